The summed E-state index contributed by atoms with van der Waals surface area (Å²) in [5.74, 6) is 0.499. The van der Waals surface area contributed by atoms with E-state index < -0.39 is 12.6 Å². The number of hydrogen-bond acceptors (Lipinski definition) is 3. The van der Waals surface area contributed by atoms with E-state index in [1.807, 2.05) is 0 Å². The van der Waals surface area contributed by atoms with Gasteiger partial charge in [-0.2, -0.15) is 0 Å². The largest absolute Gasteiger partial charge is 0.352 e. The first-order chi connectivity index (χ1) is 12.3. The van der Waals surface area contributed by atoms with Crippen molar-refractivity contribution in [3.8, 4) is 0 Å². The Kier molecular flexibility index (Phi) is 6.99. The Morgan fingerprint density at radius 2 is 1.04 bits per heavy atom. The van der Waals surface area contributed by atoms with Crippen molar-refractivity contribution in [2.75, 3.05) is 14.2 Å². The van der Waals surface area contributed by atoms with Gasteiger partial charge in [0.2, 0.25) is 0 Å². The third kappa shape index (κ3) is 5.16. The summed E-state index contributed by atoms with van der Waals surface area (Å²) in [5, 5.41) is 0. The number of benzene rings is 2. The van der Waals surface area contributed by atoms with Crippen molar-refractivity contribution in [3.05, 3.63) is 70.8 Å². The average Bonchev–Trinajstić information content (AvgIpc) is 2.62. The highest BCUT2D eigenvalue weighted by molar-refractivity contribution is 5.29. The minimum atomic E-state index is -0.487. The van der Waals surface area contributed by atoms with Crippen LogP contribution in [0.3, 0.4) is 0 Å². The first kappa shape index (κ1) is 20.6. The second kappa shape index (κ2) is 8.81. The predicted molar refractivity (Wildman–Crippen MR) is 106 cm³/mol. The molecule has 0 saturated carbocycles. The lowest BCUT2D eigenvalue weighted by molar-refractivity contribution is -0.237. The fourth-order valence-electron chi connectivity index (χ4n) is 2.83. The standard InChI is InChI=1S/C23H32O3/c1-16(2)17-8-10-18(11-9-17)21(24-6)26-22(25-7)19-12-14-20(15-13-19)23(3,4)5/h8-16,21-22H,1-7H3. The molecule has 2 atom stereocenters. The average molecular weight is 357 g/mol. The molecule has 0 aromatic heterocycles. The van der Waals surface area contributed by atoms with Gasteiger partial charge in [0.15, 0.2) is 12.6 Å². The van der Waals surface area contributed by atoms with Crippen LogP contribution in [0.15, 0.2) is 48.5 Å². The van der Waals surface area contributed by atoms with Crippen LogP contribution in [0.2, 0.25) is 0 Å². The maximum absolute atomic E-state index is 6.10. The molecule has 0 aliphatic carbocycles. The molecule has 0 saturated heterocycles. The van der Waals surface area contributed by atoms with E-state index in [2.05, 4.69) is 83.1 Å². The molecule has 0 heterocycles. The number of hydrogen-bond donors (Lipinski definition) is 0. The van der Waals surface area contributed by atoms with Crippen molar-refractivity contribution in [2.24, 2.45) is 0 Å². The number of rotatable bonds is 7. The van der Waals surface area contributed by atoms with Crippen LogP contribution in [0.4, 0.5) is 0 Å². The number of methoxy groups -OCH3 is 2. The Bertz CT molecular complexity index is 666. The third-order valence-electron chi connectivity index (χ3n) is 4.60. The summed E-state index contributed by atoms with van der Waals surface area (Å²) in [7, 11) is 3.30. The van der Waals surface area contributed by atoms with Gasteiger partial charge in [0, 0.05) is 25.3 Å². The first-order valence-electron chi connectivity index (χ1n) is 9.17. The van der Waals surface area contributed by atoms with Crippen molar-refractivity contribution >= 4 is 0 Å². The fourth-order valence-corrected chi connectivity index (χ4v) is 2.83. The normalized spacial score (nSPS) is 14.5. The summed E-state index contributed by atoms with van der Waals surface area (Å²) >= 11 is 0. The van der Waals surface area contributed by atoms with Crippen LogP contribution in [0.5, 0.6) is 0 Å². The summed E-state index contributed by atoms with van der Waals surface area (Å²) < 4.78 is 17.2. The molecule has 26 heavy (non-hydrogen) atoms. The van der Waals surface area contributed by atoms with Gasteiger partial charge in [0.25, 0.3) is 0 Å². The molecule has 0 N–H and O–H groups in total. The molecule has 0 fully saturated rings. The van der Waals surface area contributed by atoms with Crippen molar-refractivity contribution in [2.45, 2.75) is 58.5 Å². The van der Waals surface area contributed by atoms with Crippen molar-refractivity contribution in [1.82, 2.24) is 0 Å². The molecular weight excluding hydrogens is 324 g/mol. The molecule has 2 unspecified atom stereocenters. The van der Waals surface area contributed by atoms with Crippen LogP contribution < -0.4 is 0 Å². The van der Waals surface area contributed by atoms with Gasteiger partial charge in [-0.15, -0.1) is 0 Å². The Labute approximate surface area is 158 Å². The van der Waals surface area contributed by atoms with Crippen molar-refractivity contribution in [1.29, 1.82) is 0 Å². The van der Waals surface area contributed by atoms with Crippen LogP contribution >= 0.6 is 0 Å². The quantitative estimate of drug-likeness (QED) is 0.560. The molecule has 0 spiro atoms. The van der Waals surface area contributed by atoms with Gasteiger partial charge in [-0.05, 0) is 22.5 Å². The van der Waals surface area contributed by atoms with Gasteiger partial charge < -0.3 is 14.2 Å². The molecule has 142 valence electrons. The Hall–Kier alpha value is -1.68. The zero-order valence-corrected chi connectivity index (χ0v) is 17.1. The summed E-state index contributed by atoms with van der Waals surface area (Å²) in [6, 6.07) is 16.7. The molecule has 0 amide bonds. The van der Waals surface area contributed by atoms with Crippen LogP contribution in [-0.2, 0) is 19.6 Å². The van der Waals surface area contributed by atoms with Crippen LogP contribution in [0.1, 0.15) is 75.4 Å². The van der Waals surface area contributed by atoms with E-state index in [1.165, 1.54) is 11.1 Å². The zero-order valence-electron chi connectivity index (χ0n) is 17.1. The minimum Gasteiger partial charge on any atom is -0.352 e. The molecule has 0 radical (unpaired) electrons. The highest BCUT2D eigenvalue weighted by Crippen LogP contribution is 2.30. The summed E-state index contributed by atoms with van der Waals surface area (Å²) in [6.45, 7) is 11.0. The van der Waals surface area contributed by atoms with E-state index in [1.54, 1.807) is 14.2 Å². The molecule has 2 rings (SSSR count). The molecular formula is C23H32O3. The Morgan fingerprint density at radius 1 is 0.654 bits per heavy atom. The smallest absolute Gasteiger partial charge is 0.186 e. The molecule has 3 nitrogen and oxygen atoms in total. The SMILES string of the molecule is COC(OC(OC)c1ccc(C(C)(C)C)cc1)c1ccc(C(C)C)cc1. The topological polar surface area (TPSA) is 27.7 Å². The van der Waals surface area contributed by atoms with Gasteiger partial charge in [0.05, 0.1) is 0 Å². The van der Waals surface area contributed by atoms with E-state index in [-0.39, 0.29) is 5.41 Å². The van der Waals surface area contributed by atoms with Crippen molar-refractivity contribution in [3.63, 3.8) is 0 Å². The van der Waals surface area contributed by atoms with Gasteiger partial charge >= 0.3 is 0 Å². The predicted octanol–water partition coefficient (Wildman–Crippen LogP) is 6.11. The molecule has 3 heteroatoms. The van der Waals surface area contributed by atoms with Gasteiger partial charge in [-0.25, -0.2) is 0 Å². The van der Waals surface area contributed by atoms with E-state index >= 15 is 0 Å². The molecule has 0 aliphatic rings. The zero-order chi connectivity index (χ0) is 19.3. The summed E-state index contributed by atoms with van der Waals surface area (Å²) in [6.07, 6.45) is -0.970. The molecule has 2 aromatic rings. The van der Waals surface area contributed by atoms with E-state index in [0.717, 1.165) is 11.1 Å². The summed E-state index contributed by atoms with van der Waals surface area (Å²) in [4.78, 5) is 0. The van der Waals surface area contributed by atoms with E-state index in [0.29, 0.717) is 5.92 Å². The summed E-state index contributed by atoms with van der Waals surface area (Å²) in [5.41, 5.74) is 4.65. The first-order valence-corrected chi connectivity index (χ1v) is 9.17. The maximum atomic E-state index is 6.10. The Balaban J connectivity index is 2.16. The van der Waals surface area contributed by atoms with Crippen molar-refractivity contribution < 1.29 is 14.2 Å². The fraction of sp³-hybridized carbons (Fsp3) is 0.478. The lowest BCUT2D eigenvalue weighted by atomic mass is 9.87. The minimum absolute atomic E-state index is 0.120. The van der Waals surface area contributed by atoms with Crippen LogP contribution in [-0.4, -0.2) is 14.2 Å². The van der Waals surface area contributed by atoms with E-state index in [4.69, 9.17) is 14.2 Å². The highest BCUT2D eigenvalue weighted by Gasteiger charge is 2.21. The lowest BCUT2D eigenvalue weighted by Gasteiger charge is -2.25. The third-order valence-corrected chi connectivity index (χ3v) is 4.60. The van der Waals surface area contributed by atoms with Gasteiger partial charge in [0.1, 0.15) is 0 Å². The second-order valence-corrected chi connectivity index (χ2v) is 7.96. The monoisotopic (exact) mass is 356 g/mol. The number of ether oxygens (including phenoxy) is 3. The van der Waals surface area contributed by atoms with Gasteiger partial charge in [-0.1, -0.05) is 83.1 Å². The van der Waals surface area contributed by atoms with Gasteiger partial charge in [-0.3, -0.25) is 0 Å². The molecule has 0 bridgehead atoms. The lowest BCUT2D eigenvalue weighted by Crippen LogP contribution is -2.15. The van der Waals surface area contributed by atoms with Crippen LogP contribution in [0.25, 0.3) is 0 Å². The van der Waals surface area contributed by atoms with Crippen LogP contribution in [0, 0.1) is 0 Å². The maximum Gasteiger partial charge on any atom is 0.186 e. The Morgan fingerprint density at radius 3 is 1.38 bits per heavy atom. The highest BCUT2D eigenvalue weighted by atomic mass is 16.8. The molecule has 2 aromatic carbocycles. The molecule has 0 aliphatic heterocycles. The van der Waals surface area contributed by atoms with E-state index in [9.17, 15) is 0 Å². The second-order valence-electron chi connectivity index (χ2n) is 7.96.